The number of hydrogen-bond donors (Lipinski definition) is 1. The van der Waals surface area contributed by atoms with E-state index in [2.05, 4.69) is 36.5 Å². The molecule has 2 aromatic rings. The molecule has 0 aliphatic rings. The number of aromatic nitrogens is 1. The molecule has 1 heterocycles. The van der Waals surface area contributed by atoms with Crippen LogP contribution in [0.3, 0.4) is 0 Å². The third-order valence-corrected chi connectivity index (χ3v) is 3.26. The smallest absolute Gasteiger partial charge is 0.120 e. The second kappa shape index (κ2) is 4.97. The number of benzene rings is 1. The van der Waals surface area contributed by atoms with Crippen molar-refractivity contribution in [3.8, 4) is 6.07 Å². The standard InChI is InChI=1S/C15H17N3/c1-11-5-4-6-14(7-11)17-10-13-8-15(9-16)18(3)12(13)2/h4-8,17H,10H2,1-3H3. The van der Waals surface area contributed by atoms with Gasteiger partial charge in [-0.05, 0) is 43.2 Å². The summed E-state index contributed by atoms with van der Waals surface area (Å²) in [5.41, 5.74) is 5.34. The molecule has 0 bridgehead atoms. The van der Waals surface area contributed by atoms with E-state index in [4.69, 9.17) is 5.26 Å². The van der Waals surface area contributed by atoms with Crippen molar-refractivity contribution in [2.24, 2.45) is 7.05 Å². The highest BCUT2D eigenvalue weighted by Gasteiger charge is 2.07. The van der Waals surface area contributed by atoms with Gasteiger partial charge in [0.15, 0.2) is 0 Å². The number of nitriles is 1. The molecular weight excluding hydrogens is 222 g/mol. The van der Waals surface area contributed by atoms with Crippen LogP contribution in [0.5, 0.6) is 0 Å². The first-order chi connectivity index (χ1) is 8.61. The molecular formula is C15H17N3. The summed E-state index contributed by atoms with van der Waals surface area (Å²) in [5.74, 6) is 0. The van der Waals surface area contributed by atoms with E-state index in [-0.39, 0.29) is 0 Å². The Morgan fingerprint density at radius 1 is 1.28 bits per heavy atom. The van der Waals surface area contributed by atoms with Crippen molar-refractivity contribution in [3.63, 3.8) is 0 Å². The van der Waals surface area contributed by atoms with E-state index >= 15 is 0 Å². The van der Waals surface area contributed by atoms with Crippen molar-refractivity contribution >= 4 is 5.69 Å². The largest absolute Gasteiger partial charge is 0.381 e. The fourth-order valence-electron chi connectivity index (χ4n) is 2.00. The second-order valence-corrected chi connectivity index (χ2v) is 4.53. The Bertz CT molecular complexity index is 603. The fourth-order valence-corrected chi connectivity index (χ4v) is 2.00. The minimum absolute atomic E-state index is 0.702. The Morgan fingerprint density at radius 2 is 2.06 bits per heavy atom. The number of nitrogens with zero attached hydrogens (tertiary/aromatic N) is 2. The molecule has 0 unspecified atom stereocenters. The lowest BCUT2D eigenvalue weighted by Gasteiger charge is -2.07. The van der Waals surface area contributed by atoms with Gasteiger partial charge in [-0.3, -0.25) is 0 Å². The molecule has 3 nitrogen and oxygen atoms in total. The summed E-state index contributed by atoms with van der Waals surface area (Å²) < 4.78 is 1.92. The van der Waals surface area contributed by atoms with Gasteiger partial charge in [0.05, 0.1) is 0 Å². The van der Waals surface area contributed by atoms with E-state index in [1.165, 1.54) is 5.56 Å². The maximum Gasteiger partial charge on any atom is 0.120 e. The highest BCUT2D eigenvalue weighted by Crippen LogP contribution is 2.16. The maximum absolute atomic E-state index is 8.99. The minimum Gasteiger partial charge on any atom is -0.381 e. The van der Waals surface area contributed by atoms with E-state index in [9.17, 15) is 0 Å². The van der Waals surface area contributed by atoms with Crippen molar-refractivity contribution in [3.05, 3.63) is 52.8 Å². The van der Waals surface area contributed by atoms with E-state index < -0.39 is 0 Å². The van der Waals surface area contributed by atoms with Crippen LogP contribution >= 0.6 is 0 Å². The Kier molecular flexibility index (Phi) is 3.38. The van der Waals surface area contributed by atoms with Crippen LogP contribution in [0.2, 0.25) is 0 Å². The molecule has 0 amide bonds. The number of aryl methyl sites for hydroxylation is 1. The third-order valence-electron chi connectivity index (χ3n) is 3.26. The molecule has 0 atom stereocenters. The summed E-state index contributed by atoms with van der Waals surface area (Å²) in [5, 5.41) is 12.4. The van der Waals surface area contributed by atoms with Gasteiger partial charge in [0.25, 0.3) is 0 Å². The predicted molar refractivity (Wildman–Crippen MR) is 73.4 cm³/mol. The second-order valence-electron chi connectivity index (χ2n) is 4.53. The van der Waals surface area contributed by atoms with Gasteiger partial charge in [-0.2, -0.15) is 5.26 Å². The topological polar surface area (TPSA) is 40.8 Å². The van der Waals surface area contributed by atoms with E-state index in [0.717, 1.165) is 23.5 Å². The molecule has 0 spiro atoms. The van der Waals surface area contributed by atoms with Gasteiger partial charge in [0.2, 0.25) is 0 Å². The summed E-state index contributed by atoms with van der Waals surface area (Å²) in [7, 11) is 1.92. The molecule has 1 aromatic heterocycles. The average Bonchev–Trinajstić information content (AvgIpc) is 2.64. The van der Waals surface area contributed by atoms with Gasteiger partial charge >= 0.3 is 0 Å². The molecule has 0 radical (unpaired) electrons. The molecule has 0 saturated heterocycles. The zero-order valence-corrected chi connectivity index (χ0v) is 11.0. The molecule has 18 heavy (non-hydrogen) atoms. The Labute approximate surface area is 108 Å². The predicted octanol–water partition coefficient (Wildman–Crippen LogP) is 3.13. The first kappa shape index (κ1) is 12.3. The van der Waals surface area contributed by atoms with Crippen LogP contribution in [0, 0.1) is 25.2 Å². The molecule has 0 aliphatic carbocycles. The van der Waals surface area contributed by atoms with Gasteiger partial charge in [-0.1, -0.05) is 12.1 Å². The summed E-state index contributed by atoms with van der Waals surface area (Å²) in [6.07, 6.45) is 0. The minimum atomic E-state index is 0.702. The quantitative estimate of drug-likeness (QED) is 0.894. The number of hydrogen-bond acceptors (Lipinski definition) is 2. The molecule has 2 rings (SSSR count). The summed E-state index contributed by atoms with van der Waals surface area (Å²) in [6.45, 7) is 4.85. The van der Waals surface area contributed by atoms with Crippen LogP contribution in [0.1, 0.15) is 22.5 Å². The number of anilines is 1. The molecule has 0 aliphatic heterocycles. The summed E-state index contributed by atoms with van der Waals surface area (Å²) >= 11 is 0. The van der Waals surface area contributed by atoms with Crippen molar-refractivity contribution in [2.45, 2.75) is 20.4 Å². The van der Waals surface area contributed by atoms with Crippen LogP contribution in [0.4, 0.5) is 5.69 Å². The molecule has 0 saturated carbocycles. The Balaban J connectivity index is 2.14. The van der Waals surface area contributed by atoms with Gasteiger partial charge in [-0.15, -0.1) is 0 Å². The monoisotopic (exact) mass is 239 g/mol. The first-order valence-corrected chi connectivity index (χ1v) is 5.97. The van der Waals surface area contributed by atoms with Crippen LogP contribution in [0.25, 0.3) is 0 Å². The average molecular weight is 239 g/mol. The molecule has 1 aromatic carbocycles. The van der Waals surface area contributed by atoms with E-state index in [1.54, 1.807) is 0 Å². The number of rotatable bonds is 3. The molecule has 1 N–H and O–H groups in total. The molecule has 3 heteroatoms. The zero-order valence-electron chi connectivity index (χ0n) is 11.0. The van der Waals surface area contributed by atoms with Crippen LogP contribution in [0.15, 0.2) is 30.3 Å². The maximum atomic E-state index is 8.99. The lowest BCUT2D eigenvalue weighted by molar-refractivity contribution is 0.856. The van der Waals surface area contributed by atoms with Gasteiger partial charge < -0.3 is 9.88 Å². The van der Waals surface area contributed by atoms with E-state index in [0.29, 0.717) is 5.69 Å². The highest BCUT2D eigenvalue weighted by molar-refractivity contribution is 5.46. The van der Waals surface area contributed by atoms with Gasteiger partial charge in [0.1, 0.15) is 11.8 Å². The van der Waals surface area contributed by atoms with Crippen LogP contribution in [-0.4, -0.2) is 4.57 Å². The van der Waals surface area contributed by atoms with Crippen LogP contribution < -0.4 is 5.32 Å². The Hall–Kier alpha value is -2.21. The SMILES string of the molecule is Cc1cccc(NCc2cc(C#N)n(C)c2C)c1. The molecule has 92 valence electrons. The fraction of sp³-hybridized carbons (Fsp3) is 0.267. The van der Waals surface area contributed by atoms with Crippen molar-refractivity contribution in [1.29, 1.82) is 5.26 Å². The first-order valence-electron chi connectivity index (χ1n) is 5.97. The Morgan fingerprint density at radius 3 is 2.67 bits per heavy atom. The van der Waals surface area contributed by atoms with E-state index in [1.807, 2.05) is 30.7 Å². The summed E-state index contributed by atoms with van der Waals surface area (Å²) in [6, 6.07) is 12.4. The van der Waals surface area contributed by atoms with Crippen molar-refractivity contribution in [2.75, 3.05) is 5.32 Å². The van der Waals surface area contributed by atoms with Gasteiger partial charge in [0, 0.05) is 25.0 Å². The zero-order chi connectivity index (χ0) is 13.1. The molecule has 0 fully saturated rings. The lowest BCUT2D eigenvalue weighted by Crippen LogP contribution is -2.01. The van der Waals surface area contributed by atoms with Crippen LogP contribution in [-0.2, 0) is 13.6 Å². The van der Waals surface area contributed by atoms with Crippen molar-refractivity contribution < 1.29 is 0 Å². The lowest BCUT2D eigenvalue weighted by atomic mass is 10.2. The third kappa shape index (κ3) is 2.38. The number of nitrogens with one attached hydrogen (secondary N) is 1. The highest BCUT2D eigenvalue weighted by atomic mass is 15.0. The van der Waals surface area contributed by atoms with Gasteiger partial charge in [-0.25, -0.2) is 0 Å². The van der Waals surface area contributed by atoms with Crippen molar-refractivity contribution in [1.82, 2.24) is 4.57 Å². The normalized spacial score (nSPS) is 10.1. The summed E-state index contributed by atoms with van der Waals surface area (Å²) in [4.78, 5) is 0.